The zero-order valence-corrected chi connectivity index (χ0v) is 10.5. The van der Waals surface area contributed by atoms with Gasteiger partial charge in [0.2, 0.25) is 0 Å². The number of H-pyrrole nitrogens is 1. The molecule has 0 aliphatic rings. The lowest BCUT2D eigenvalue weighted by Crippen LogP contribution is -2.01. The largest absolute Gasteiger partial charge is 0.481 e. The summed E-state index contributed by atoms with van der Waals surface area (Å²) in [5, 5.41) is 15.8. The van der Waals surface area contributed by atoms with Gasteiger partial charge in [0, 0.05) is 11.3 Å². The van der Waals surface area contributed by atoms with E-state index >= 15 is 0 Å². The Hall–Kier alpha value is -2.10. The number of aromatic amines is 1. The Labute approximate surface area is 106 Å². The number of aryl methyl sites for hydroxylation is 2. The number of nitrogens with one attached hydrogen (secondary N) is 1. The number of benzene rings is 1. The highest BCUT2D eigenvalue weighted by Gasteiger charge is 2.14. The van der Waals surface area contributed by atoms with Crippen LogP contribution in [0.1, 0.15) is 23.9 Å². The molecule has 0 spiro atoms. The van der Waals surface area contributed by atoms with Crippen molar-refractivity contribution in [1.29, 1.82) is 0 Å². The molecule has 0 aliphatic heterocycles. The molecule has 0 saturated heterocycles. The van der Waals surface area contributed by atoms with E-state index in [1.807, 2.05) is 19.1 Å². The zero-order chi connectivity index (χ0) is 13.1. The maximum absolute atomic E-state index is 10.8. The fraction of sp³-hybridized carbons (Fsp3) is 0.286. The van der Waals surface area contributed by atoms with Gasteiger partial charge < -0.3 is 5.11 Å². The number of nitrogens with zero attached hydrogens (tertiary/aromatic N) is 1. The van der Waals surface area contributed by atoms with Gasteiger partial charge in [0.1, 0.15) is 0 Å². The Morgan fingerprint density at radius 2 is 2.00 bits per heavy atom. The second-order valence-corrected chi connectivity index (χ2v) is 4.29. The molecule has 0 aliphatic carbocycles. The van der Waals surface area contributed by atoms with Crippen LogP contribution >= 0.6 is 0 Å². The molecule has 1 aromatic carbocycles. The SMILES string of the molecule is CCc1ccc(-c2c(CC(=O)O)n[nH]c2C)cc1. The smallest absolute Gasteiger partial charge is 0.309 e. The number of rotatable bonds is 4. The molecule has 1 heterocycles. The van der Waals surface area contributed by atoms with Gasteiger partial charge in [-0.15, -0.1) is 0 Å². The molecule has 4 heteroatoms. The first-order valence-electron chi connectivity index (χ1n) is 5.96. The predicted molar refractivity (Wildman–Crippen MR) is 69.5 cm³/mol. The molecule has 1 aromatic heterocycles. The topological polar surface area (TPSA) is 66.0 Å². The summed E-state index contributed by atoms with van der Waals surface area (Å²) < 4.78 is 0. The van der Waals surface area contributed by atoms with Crippen LogP contribution in [0, 0.1) is 6.92 Å². The Balaban J connectivity index is 2.42. The Morgan fingerprint density at radius 3 is 2.56 bits per heavy atom. The Morgan fingerprint density at radius 1 is 1.33 bits per heavy atom. The summed E-state index contributed by atoms with van der Waals surface area (Å²) in [6, 6.07) is 8.16. The van der Waals surface area contributed by atoms with Crippen LogP contribution in [0.15, 0.2) is 24.3 Å². The fourth-order valence-electron chi connectivity index (χ4n) is 2.04. The summed E-state index contributed by atoms with van der Waals surface area (Å²) >= 11 is 0. The molecule has 4 nitrogen and oxygen atoms in total. The Bertz CT molecular complexity index is 556. The van der Waals surface area contributed by atoms with Crippen molar-refractivity contribution >= 4 is 5.97 Å². The maximum Gasteiger partial charge on any atom is 0.309 e. The van der Waals surface area contributed by atoms with Gasteiger partial charge in [-0.1, -0.05) is 31.2 Å². The van der Waals surface area contributed by atoms with Crippen molar-refractivity contribution in [3.63, 3.8) is 0 Å². The van der Waals surface area contributed by atoms with Crippen molar-refractivity contribution in [2.24, 2.45) is 0 Å². The van der Waals surface area contributed by atoms with Crippen molar-refractivity contribution in [1.82, 2.24) is 10.2 Å². The summed E-state index contributed by atoms with van der Waals surface area (Å²) in [5.74, 6) is -0.868. The lowest BCUT2D eigenvalue weighted by atomic mass is 10.00. The predicted octanol–water partition coefficient (Wildman–Crippen LogP) is 2.57. The van der Waals surface area contributed by atoms with Gasteiger partial charge in [0.25, 0.3) is 0 Å². The van der Waals surface area contributed by atoms with E-state index in [0.29, 0.717) is 5.69 Å². The quantitative estimate of drug-likeness (QED) is 0.868. The van der Waals surface area contributed by atoms with Gasteiger partial charge in [-0.25, -0.2) is 0 Å². The summed E-state index contributed by atoms with van der Waals surface area (Å²) in [7, 11) is 0. The molecule has 2 aromatic rings. The van der Waals surface area contributed by atoms with E-state index in [9.17, 15) is 4.79 Å². The molecule has 2 N–H and O–H groups in total. The number of aliphatic carboxylic acids is 1. The molecule has 0 fully saturated rings. The number of hydrogen-bond donors (Lipinski definition) is 2. The van der Waals surface area contributed by atoms with Crippen LogP contribution in [0.3, 0.4) is 0 Å². The van der Waals surface area contributed by atoms with Crippen LogP contribution in [-0.2, 0) is 17.6 Å². The average Bonchev–Trinajstić information content (AvgIpc) is 2.70. The standard InChI is InChI=1S/C14H16N2O2/c1-3-10-4-6-11(7-5-10)14-9(2)15-16-12(14)8-13(17)18/h4-7H,3,8H2,1-2H3,(H,15,16)(H,17,18). The van der Waals surface area contributed by atoms with Gasteiger partial charge in [-0.05, 0) is 24.5 Å². The summed E-state index contributed by atoms with van der Waals surface area (Å²) in [6.07, 6.45) is 0.932. The van der Waals surface area contributed by atoms with Crippen molar-refractivity contribution < 1.29 is 9.90 Å². The number of carbonyl (C=O) groups is 1. The first-order chi connectivity index (χ1) is 8.61. The van der Waals surface area contributed by atoms with E-state index in [1.54, 1.807) is 0 Å². The van der Waals surface area contributed by atoms with Crippen molar-refractivity contribution in [3.8, 4) is 11.1 Å². The fourth-order valence-corrected chi connectivity index (χ4v) is 2.04. The third-order valence-electron chi connectivity index (χ3n) is 2.99. The lowest BCUT2D eigenvalue weighted by Gasteiger charge is -2.04. The third-order valence-corrected chi connectivity index (χ3v) is 2.99. The monoisotopic (exact) mass is 244 g/mol. The molecule has 0 atom stereocenters. The Kier molecular flexibility index (Phi) is 3.46. The van der Waals surface area contributed by atoms with Crippen molar-refractivity contribution in [2.75, 3.05) is 0 Å². The van der Waals surface area contributed by atoms with Crippen LogP contribution in [0.25, 0.3) is 11.1 Å². The molecule has 0 amide bonds. The van der Waals surface area contributed by atoms with Gasteiger partial charge in [-0.3, -0.25) is 9.89 Å². The lowest BCUT2D eigenvalue weighted by molar-refractivity contribution is -0.136. The summed E-state index contributed by atoms with van der Waals surface area (Å²) in [6.45, 7) is 4.01. The van der Waals surface area contributed by atoms with Gasteiger partial charge in [0.05, 0.1) is 12.1 Å². The van der Waals surface area contributed by atoms with Crippen LogP contribution in [0.5, 0.6) is 0 Å². The van der Waals surface area contributed by atoms with Gasteiger partial charge in [0.15, 0.2) is 0 Å². The summed E-state index contributed by atoms with van der Waals surface area (Å²) in [4.78, 5) is 10.8. The molecule has 0 bridgehead atoms. The van der Waals surface area contributed by atoms with Crippen molar-refractivity contribution in [2.45, 2.75) is 26.7 Å². The molecule has 2 rings (SSSR count). The number of carboxylic acids is 1. The normalized spacial score (nSPS) is 10.6. The van der Waals surface area contributed by atoms with Crippen LogP contribution < -0.4 is 0 Å². The highest BCUT2D eigenvalue weighted by Crippen LogP contribution is 2.26. The highest BCUT2D eigenvalue weighted by molar-refractivity contribution is 5.76. The highest BCUT2D eigenvalue weighted by atomic mass is 16.4. The second kappa shape index (κ2) is 5.04. The molecule has 0 radical (unpaired) electrons. The van der Waals surface area contributed by atoms with Gasteiger partial charge in [-0.2, -0.15) is 5.10 Å². The molecule has 94 valence electrons. The first-order valence-corrected chi connectivity index (χ1v) is 5.96. The second-order valence-electron chi connectivity index (χ2n) is 4.29. The van der Waals surface area contributed by atoms with E-state index in [4.69, 9.17) is 5.11 Å². The van der Waals surface area contributed by atoms with Gasteiger partial charge >= 0.3 is 5.97 Å². The van der Waals surface area contributed by atoms with E-state index in [1.165, 1.54) is 5.56 Å². The zero-order valence-electron chi connectivity index (χ0n) is 10.5. The first kappa shape index (κ1) is 12.4. The van der Waals surface area contributed by atoms with Crippen LogP contribution in [0.2, 0.25) is 0 Å². The van der Waals surface area contributed by atoms with E-state index in [2.05, 4.69) is 29.3 Å². The minimum atomic E-state index is -0.868. The van der Waals surface area contributed by atoms with E-state index in [0.717, 1.165) is 23.2 Å². The van der Waals surface area contributed by atoms with Crippen LogP contribution in [0.4, 0.5) is 0 Å². The number of hydrogen-bond acceptors (Lipinski definition) is 2. The molecular weight excluding hydrogens is 228 g/mol. The molecule has 0 saturated carbocycles. The molecule has 0 unspecified atom stereocenters. The molecular formula is C14H16N2O2. The number of aromatic nitrogens is 2. The number of carboxylic acid groups (broad SMARTS) is 1. The summed E-state index contributed by atoms with van der Waals surface area (Å²) in [5.41, 5.74) is 4.66. The minimum Gasteiger partial charge on any atom is -0.481 e. The van der Waals surface area contributed by atoms with Crippen LogP contribution in [-0.4, -0.2) is 21.3 Å². The molecule has 18 heavy (non-hydrogen) atoms. The van der Waals surface area contributed by atoms with Crippen molar-refractivity contribution in [3.05, 3.63) is 41.2 Å². The maximum atomic E-state index is 10.8. The van der Waals surface area contributed by atoms with E-state index < -0.39 is 5.97 Å². The van der Waals surface area contributed by atoms with E-state index in [-0.39, 0.29) is 6.42 Å². The third kappa shape index (κ3) is 2.42. The average molecular weight is 244 g/mol. The minimum absolute atomic E-state index is 0.0603.